The van der Waals surface area contributed by atoms with Crippen LogP contribution in [0.2, 0.25) is 0 Å². The summed E-state index contributed by atoms with van der Waals surface area (Å²) in [6, 6.07) is 7.12. The number of Topliss-reactive ketones (excluding diaryl/α,β-unsaturated/α-hetero) is 1. The molecule has 0 saturated carbocycles. The van der Waals surface area contributed by atoms with Crippen molar-refractivity contribution in [3.8, 4) is 0 Å². The van der Waals surface area contributed by atoms with Gasteiger partial charge in [-0.25, -0.2) is 0 Å². The standard InChI is InChI=1S/C13H11NO3/c1-14-9-5-3-2-4-7(9)10-11(14)13(17)8(6-15)12(10)16/h2-6,10-11,17H,1H3. The minimum Gasteiger partial charge on any atom is -0.509 e. The van der Waals surface area contributed by atoms with Crippen molar-refractivity contribution in [1.82, 2.24) is 0 Å². The first-order valence-corrected chi connectivity index (χ1v) is 5.41. The number of anilines is 1. The maximum Gasteiger partial charge on any atom is 0.179 e. The average Bonchev–Trinajstić information content (AvgIpc) is 2.76. The van der Waals surface area contributed by atoms with E-state index in [0.717, 1.165) is 11.3 Å². The molecule has 1 heterocycles. The average molecular weight is 229 g/mol. The Kier molecular flexibility index (Phi) is 1.90. The molecule has 2 atom stereocenters. The summed E-state index contributed by atoms with van der Waals surface area (Å²) in [5.41, 5.74) is 1.74. The van der Waals surface area contributed by atoms with Gasteiger partial charge < -0.3 is 10.0 Å². The Labute approximate surface area is 98.2 Å². The quantitative estimate of drug-likeness (QED) is 0.580. The predicted octanol–water partition coefficient (Wildman–Crippen LogP) is 1.18. The van der Waals surface area contributed by atoms with Crippen LogP contribution in [0.3, 0.4) is 0 Å². The van der Waals surface area contributed by atoms with Crippen LogP contribution < -0.4 is 4.90 Å². The summed E-state index contributed by atoms with van der Waals surface area (Å²) in [7, 11) is 1.82. The molecule has 1 aromatic carbocycles. The molecule has 0 saturated heterocycles. The van der Waals surface area contributed by atoms with Gasteiger partial charge in [0.1, 0.15) is 11.8 Å². The first-order chi connectivity index (χ1) is 8.16. The second-order valence-corrected chi connectivity index (χ2v) is 4.37. The number of likely N-dealkylation sites (N-methyl/N-ethyl adjacent to an activating group) is 1. The largest absolute Gasteiger partial charge is 0.509 e. The summed E-state index contributed by atoms with van der Waals surface area (Å²) < 4.78 is 0. The Balaban J connectivity index is 2.20. The first kappa shape index (κ1) is 10.1. The van der Waals surface area contributed by atoms with E-state index < -0.39 is 12.0 Å². The van der Waals surface area contributed by atoms with Gasteiger partial charge >= 0.3 is 0 Å². The van der Waals surface area contributed by atoms with Crippen molar-refractivity contribution >= 4 is 17.8 Å². The molecule has 3 rings (SSSR count). The van der Waals surface area contributed by atoms with Crippen LogP contribution in [0.1, 0.15) is 11.5 Å². The summed E-state index contributed by atoms with van der Waals surface area (Å²) >= 11 is 0. The molecule has 0 radical (unpaired) electrons. The Morgan fingerprint density at radius 1 is 1.35 bits per heavy atom. The van der Waals surface area contributed by atoms with Gasteiger partial charge in [0, 0.05) is 12.7 Å². The van der Waals surface area contributed by atoms with Gasteiger partial charge in [0.05, 0.1) is 11.5 Å². The number of carbonyl (C=O) groups excluding carboxylic acids is 2. The molecule has 2 unspecified atom stereocenters. The summed E-state index contributed by atoms with van der Waals surface area (Å²) in [6.45, 7) is 0. The van der Waals surface area contributed by atoms with Crippen molar-refractivity contribution < 1.29 is 14.7 Å². The fourth-order valence-corrected chi connectivity index (χ4v) is 2.81. The Hall–Kier alpha value is -2.10. The number of rotatable bonds is 1. The van der Waals surface area contributed by atoms with Gasteiger partial charge in [0.2, 0.25) is 0 Å². The van der Waals surface area contributed by atoms with Gasteiger partial charge in [0.25, 0.3) is 0 Å². The van der Waals surface area contributed by atoms with Crippen LogP contribution in [0.25, 0.3) is 0 Å². The highest BCUT2D eigenvalue weighted by molar-refractivity contribution is 6.19. The fraction of sp³-hybridized carbons (Fsp3) is 0.231. The fourth-order valence-electron chi connectivity index (χ4n) is 2.81. The van der Waals surface area contributed by atoms with Crippen LogP contribution in [-0.4, -0.2) is 30.3 Å². The lowest BCUT2D eigenvalue weighted by atomic mass is 9.94. The number of nitrogens with zero attached hydrogens (tertiary/aromatic N) is 1. The number of hydrogen-bond donors (Lipinski definition) is 1. The lowest BCUT2D eigenvalue weighted by Gasteiger charge is -2.21. The van der Waals surface area contributed by atoms with Gasteiger partial charge in [0.15, 0.2) is 12.1 Å². The van der Waals surface area contributed by atoms with E-state index >= 15 is 0 Å². The molecule has 1 aromatic rings. The van der Waals surface area contributed by atoms with Gasteiger partial charge in [-0.05, 0) is 11.6 Å². The molecular formula is C13H11NO3. The Morgan fingerprint density at radius 3 is 2.76 bits per heavy atom. The van der Waals surface area contributed by atoms with Crippen molar-refractivity contribution in [1.29, 1.82) is 0 Å². The number of aldehydes is 1. The summed E-state index contributed by atoms with van der Waals surface area (Å²) in [5, 5.41) is 9.96. The lowest BCUT2D eigenvalue weighted by molar-refractivity contribution is -0.118. The van der Waals surface area contributed by atoms with Gasteiger partial charge in [-0.2, -0.15) is 0 Å². The third kappa shape index (κ3) is 1.07. The number of fused-ring (bicyclic) bond motifs is 3. The molecule has 0 spiro atoms. The van der Waals surface area contributed by atoms with E-state index in [0.29, 0.717) is 6.29 Å². The molecule has 1 aliphatic carbocycles. The first-order valence-electron chi connectivity index (χ1n) is 5.41. The number of hydrogen-bond acceptors (Lipinski definition) is 4. The SMILES string of the molecule is CN1c2ccccc2C2C(=O)C(C=O)=C(O)C21. The van der Waals surface area contributed by atoms with Gasteiger partial charge in [-0.3, -0.25) is 9.59 Å². The van der Waals surface area contributed by atoms with Crippen molar-refractivity contribution in [3.63, 3.8) is 0 Å². The minimum atomic E-state index is -0.434. The van der Waals surface area contributed by atoms with E-state index in [1.54, 1.807) is 0 Å². The van der Waals surface area contributed by atoms with Crippen molar-refractivity contribution in [2.45, 2.75) is 12.0 Å². The number of aliphatic hydroxyl groups excluding tert-OH is 1. The van der Waals surface area contributed by atoms with Crippen LogP contribution in [-0.2, 0) is 9.59 Å². The molecule has 4 heteroatoms. The zero-order valence-electron chi connectivity index (χ0n) is 9.25. The number of para-hydroxylation sites is 1. The van der Waals surface area contributed by atoms with Crippen molar-refractivity contribution in [2.75, 3.05) is 11.9 Å². The monoisotopic (exact) mass is 229 g/mol. The number of benzene rings is 1. The highest BCUT2D eigenvalue weighted by Crippen LogP contribution is 2.47. The minimum absolute atomic E-state index is 0.0821. The highest BCUT2D eigenvalue weighted by atomic mass is 16.3. The third-order valence-corrected chi connectivity index (χ3v) is 3.61. The molecule has 1 aliphatic heterocycles. The second-order valence-electron chi connectivity index (χ2n) is 4.37. The second kappa shape index (κ2) is 3.20. The molecular weight excluding hydrogens is 218 g/mol. The summed E-state index contributed by atoms with van der Waals surface area (Å²) in [6.07, 6.45) is 0.451. The number of allylic oxidation sites excluding steroid dienone is 1. The smallest absolute Gasteiger partial charge is 0.179 e. The van der Waals surface area contributed by atoms with Gasteiger partial charge in [-0.15, -0.1) is 0 Å². The van der Waals surface area contributed by atoms with E-state index in [4.69, 9.17) is 0 Å². The zero-order chi connectivity index (χ0) is 12.2. The molecule has 1 N–H and O–H groups in total. The van der Waals surface area contributed by atoms with Crippen LogP contribution in [0.4, 0.5) is 5.69 Å². The van der Waals surface area contributed by atoms with Crippen molar-refractivity contribution in [3.05, 3.63) is 41.2 Å². The third-order valence-electron chi connectivity index (χ3n) is 3.61. The van der Waals surface area contributed by atoms with E-state index in [-0.39, 0.29) is 17.1 Å². The molecule has 17 heavy (non-hydrogen) atoms. The maximum absolute atomic E-state index is 12.1. The molecule has 86 valence electrons. The number of ketones is 1. The normalized spacial score (nSPS) is 26.2. The van der Waals surface area contributed by atoms with Gasteiger partial charge in [-0.1, -0.05) is 18.2 Å². The molecule has 0 fully saturated rings. The van der Waals surface area contributed by atoms with Crippen LogP contribution >= 0.6 is 0 Å². The Bertz CT molecular complexity index is 562. The number of carbonyl (C=O) groups is 2. The molecule has 0 amide bonds. The summed E-state index contributed by atoms with van der Waals surface area (Å²) in [5.74, 6) is -0.815. The Morgan fingerprint density at radius 2 is 2.06 bits per heavy atom. The highest BCUT2D eigenvalue weighted by Gasteiger charge is 2.50. The number of aliphatic hydroxyl groups is 1. The van der Waals surface area contributed by atoms with E-state index in [9.17, 15) is 14.7 Å². The topological polar surface area (TPSA) is 57.6 Å². The summed E-state index contributed by atoms with van der Waals surface area (Å²) in [4.78, 5) is 24.7. The predicted molar refractivity (Wildman–Crippen MR) is 62.1 cm³/mol. The van der Waals surface area contributed by atoms with Crippen LogP contribution in [0.5, 0.6) is 0 Å². The molecule has 4 nitrogen and oxygen atoms in total. The molecule has 0 aromatic heterocycles. The molecule has 0 bridgehead atoms. The lowest BCUT2D eigenvalue weighted by Crippen LogP contribution is -2.30. The molecule has 2 aliphatic rings. The van der Waals surface area contributed by atoms with Crippen molar-refractivity contribution in [2.24, 2.45) is 0 Å². The van der Waals surface area contributed by atoms with E-state index in [1.807, 2.05) is 36.2 Å². The zero-order valence-corrected chi connectivity index (χ0v) is 9.25. The van der Waals surface area contributed by atoms with Crippen LogP contribution in [0.15, 0.2) is 35.6 Å². The van der Waals surface area contributed by atoms with Crippen LogP contribution in [0, 0.1) is 0 Å². The van der Waals surface area contributed by atoms with E-state index in [2.05, 4.69) is 0 Å². The maximum atomic E-state index is 12.1. The van der Waals surface area contributed by atoms with E-state index in [1.165, 1.54) is 0 Å².